The van der Waals surface area contributed by atoms with E-state index in [4.69, 9.17) is 21.3 Å². The van der Waals surface area contributed by atoms with Crippen LogP contribution in [0, 0.1) is 123 Å². The molecule has 14 heteroatoms. The van der Waals surface area contributed by atoms with Crippen molar-refractivity contribution >= 4 is 17.3 Å². The second-order valence-electron chi connectivity index (χ2n) is 45.7. The topological polar surface area (TPSA) is 115 Å². The van der Waals surface area contributed by atoms with Gasteiger partial charge in [0, 0.05) is 122 Å². The SMILES string of the molecule is CC1=C2C[C@H]3[C@@H](CC[C@@H]4CC(=O)CC[C@@]43C)[C@@H]2CC[C@@]2(C1)O[C@@H]1C[C@H](C)CN(CCN)[C@H]1[C@H]2C.CC1=C2C[C@H]3[C@@H](CC[C@@H]4CC(=O)CC[C@@]43C)[C@@H]2CC[C@@]2(C1)O[C@@H]1C[C@H](C)CN(CC[N+](C)(C)C)[C@H]1[C@H]2C.CC1=C2C[C@H]3[C@@H](CC[C@@H]4CC(=O)CC[C@@]43C)[C@@H]2CC[C@@]2(C1)O[C@@H]1C[C@H](C)CN(CC[N+](C)(C)C)[C@H]1[C@H]2C.[2H]CC.[I-].[I-]. The summed E-state index contributed by atoms with van der Waals surface area (Å²) in [5, 5.41) is 0. The fraction of sp³-hybridized carbons (Fsp3) is 0.908. The molecule has 0 aromatic rings. The Kier molecular flexibility index (Phi) is 26.5. The first-order valence-electron chi connectivity index (χ1n) is 47.6. The molecule has 0 unspecified atom stereocenters. The van der Waals surface area contributed by atoms with Crippen LogP contribution in [0.5, 0.6) is 0 Å². The van der Waals surface area contributed by atoms with Crippen LogP contribution in [-0.4, -0.2) is 195 Å². The number of rotatable bonds is 8. The Balaban J connectivity index is 0.000000144. The van der Waals surface area contributed by atoms with Gasteiger partial charge in [0.2, 0.25) is 0 Å². The molecule has 0 amide bonds. The Hall–Kier alpha value is -0.670. The molecular weight excluding hydrogens is 1610 g/mol. The minimum atomic E-state index is 0. The number of fused-ring (bicyclic) bond motifs is 18. The number of likely N-dealkylation sites (N-methyl/N-ethyl adjacent to an activating group) is 2. The molecule has 636 valence electrons. The Morgan fingerprint density at radius 3 is 0.973 bits per heavy atom. The fourth-order valence-electron chi connectivity index (χ4n) is 31.8. The maximum absolute atomic E-state index is 12.3. The predicted octanol–water partition coefficient (Wildman–Crippen LogP) is 12.6. The van der Waals surface area contributed by atoms with Crippen LogP contribution in [0.2, 0.25) is 0 Å². The van der Waals surface area contributed by atoms with Gasteiger partial charge in [0.05, 0.1) is 90.5 Å². The quantitative estimate of drug-likeness (QED) is 0.143. The highest BCUT2D eigenvalue weighted by Gasteiger charge is 2.65. The van der Waals surface area contributed by atoms with Crippen LogP contribution in [0.25, 0.3) is 0 Å². The van der Waals surface area contributed by atoms with Crippen molar-refractivity contribution in [3.8, 4) is 0 Å². The first-order valence-corrected chi connectivity index (χ1v) is 46.9. The zero-order chi connectivity index (χ0) is 79.2. The van der Waals surface area contributed by atoms with Gasteiger partial charge in [-0.25, -0.2) is 0 Å². The van der Waals surface area contributed by atoms with Gasteiger partial charge in [0.15, 0.2) is 0 Å². The molecule has 0 aromatic carbocycles. The second-order valence-corrected chi connectivity index (χ2v) is 45.7. The third kappa shape index (κ3) is 16.2. The first-order chi connectivity index (χ1) is 52.5. The van der Waals surface area contributed by atoms with Crippen LogP contribution < -0.4 is 53.7 Å². The molecule has 18 rings (SSSR count). The number of ketones is 3. The van der Waals surface area contributed by atoms with Crippen molar-refractivity contribution < 1.29 is 86.9 Å². The molecule has 30 atom stereocenters. The summed E-state index contributed by atoms with van der Waals surface area (Å²) in [6.45, 7) is 42.4. The fourth-order valence-corrected chi connectivity index (χ4v) is 31.8. The van der Waals surface area contributed by atoms with Gasteiger partial charge in [-0.1, -0.05) is 110 Å². The highest BCUT2D eigenvalue weighted by atomic mass is 127. The van der Waals surface area contributed by atoms with Gasteiger partial charge in [0.25, 0.3) is 0 Å². The zero-order valence-electron chi connectivity index (χ0n) is 75.7. The second kappa shape index (κ2) is 33.9. The maximum atomic E-state index is 12.3. The standard InChI is InChI=1S/2C33H55N2O2.C30H48N2O2.C2H6.2HI/c2*1-21-16-30-31(34(20-21)14-15-35(5,6)7)23(3)33(37-30)13-11-26-27-9-8-24-17-25(36)10-12-32(24,4)29(27)18-28(26)22(2)19-33;1-18-13-27-28(32(17-18)12-11-31)20(3)30(34-27)10-8-23-24-6-5-21-14-22(33)7-9-29(21,4)26(24)15-25(23)19(2)16-30;1-2;;/h2*21,23-24,26-27,29-31H,8-20H2,1-7H3;18,20-21,23-24,26-28H,5-17,31H2,1-4H3;1-2H3;2*1H/q2*+1;;;;/p-2/t2*21-,23+,24+,26-,27-,29-,30+,31-,32-,33-;18-,20+,21+,23-,24-,26-,27+,28-,29-,30-;;;/m000.../s1/i;;;1D;;. The van der Waals surface area contributed by atoms with E-state index in [0.717, 1.165) is 164 Å². The van der Waals surface area contributed by atoms with Crippen LogP contribution in [0.3, 0.4) is 0 Å². The molecule has 0 aromatic heterocycles. The van der Waals surface area contributed by atoms with Crippen molar-refractivity contribution in [3.63, 3.8) is 0 Å². The molecular formula is C98H164I2N6O6. The van der Waals surface area contributed by atoms with E-state index in [9.17, 15) is 14.4 Å². The Morgan fingerprint density at radius 1 is 0.429 bits per heavy atom. The summed E-state index contributed by atoms with van der Waals surface area (Å²) in [7, 11) is 14.0. The van der Waals surface area contributed by atoms with Gasteiger partial charge in [-0.2, -0.15) is 0 Å². The lowest BCUT2D eigenvalue weighted by Gasteiger charge is -2.52. The molecule has 6 heterocycles. The van der Waals surface area contributed by atoms with E-state index in [1.807, 2.05) is 16.7 Å². The number of halogens is 2. The lowest BCUT2D eigenvalue weighted by Crippen LogP contribution is -3.00. The number of likely N-dealkylation sites (tertiary alicyclic amines) is 3. The normalized spacial score (nSPS) is 47.7. The highest BCUT2D eigenvalue weighted by molar-refractivity contribution is 5.80. The Morgan fingerprint density at radius 2 is 0.705 bits per heavy atom. The summed E-state index contributed by atoms with van der Waals surface area (Å²) in [5.41, 5.74) is 17.8. The average Bonchev–Trinajstić information content (AvgIpc) is 1.57. The molecule has 9 saturated carbocycles. The van der Waals surface area contributed by atoms with E-state index in [1.54, 1.807) is 23.6 Å². The van der Waals surface area contributed by atoms with Gasteiger partial charge in [-0.3, -0.25) is 29.1 Å². The molecule has 6 saturated heterocycles. The summed E-state index contributed by atoms with van der Waals surface area (Å²) in [5.74, 6) is 14.6. The number of allylic oxidation sites excluding steroid dienone is 3. The molecule has 0 radical (unpaired) electrons. The number of carbonyl (C=O) groups excluding carboxylic acids is 3. The van der Waals surface area contributed by atoms with Crippen molar-refractivity contribution in [2.45, 2.75) is 343 Å². The zero-order valence-corrected chi connectivity index (χ0v) is 79.0. The number of nitrogens with zero attached hydrogens (tertiary/aromatic N) is 5. The number of quaternary nitrogens is 2. The molecule has 12 aliphatic carbocycles. The highest BCUT2D eigenvalue weighted by Crippen LogP contribution is 2.70. The van der Waals surface area contributed by atoms with Gasteiger partial charge >= 0.3 is 0 Å². The Labute approximate surface area is 719 Å². The number of piperidine rings is 3. The van der Waals surface area contributed by atoms with E-state index < -0.39 is 0 Å². The van der Waals surface area contributed by atoms with Crippen molar-refractivity contribution in [2.75, 3.05) is 101 Å². The summed E-state index contributed by atoms with van der Waals surface area (Å²) >= 11 is 0. The largest absolute Gasteiger partial charge is 1.00 e. The number of nitrogens with two attached hydrogens (primary N) is 1. The molecule has 18 aliphatic rings. The van der Waals surface area contributed by atoms with Crippen molar-refractivity contribution in [2.24, 2.45) is 129 Å². The third-order valence-corrected chi connectivity index (χ3v) is 37.5. The molecule has 112 heavy (non-hydrogen) atoms. The number of Topliss-reactive ketones (excluding diaryl/α,β-unsaturated/α-hetero) is 3. The summed E-state index contributed by atoms with van der Waals surface area (Å²) in [6.07, 6.45) is 36.3. The average molecular weight is 1780 g/mol. The van der Waals surface area contributed by atoms with Gasteiger partial charge < -0.3 is 76.9 Å². The van der Waals surface area contributed by atoms with E-state index in [2.05, 4.69) is 140 Å². The molecule has 6 aliphatic heterocycles. The van der Waals surface area contributed by atoms with Crippen LogP contribution >= 0.6 is 0 Å². The monoisotopic (exact) mass is 1780 g/mol. The minimum absolute atomic E-state index is 0. The van der Waals surface area contributed by atoms with E-state index in [1.165, 1.54) is 161 Å². The smallest absolute Gasteiger partial charge is 0.133 e. The third-order valence-electron chi connectivity index (χ3n) is 37.5. The minimum Gasteiger partial charge on any atom is -1.00 e. The summed E-state index contributed by atoms with van der Waals surface area (Å²) in [4.78, 5) is 45.1. The lowest BCUT2D eigenvalue weighted by atomic mass is 9.52. The predicted molar refractivity (Wildman–Crippen MR) is 448 cm³/mol. The van der Waals surface area contributed by atoms with Crippen LogP contribution in [0.4, 0.5) is 0 Å². The first kappa shape index (κ1) is 87.7. The van der Waals surface area contributed by atoms with E-state index in [0.29, 0.717) is 118 Å². The van der Waals surface area contributed by atoms with Crippen molar-refractivity contribution in [3.05, 3.63) is 33.4 Å². The number of hydrogen-bond donors (Lipinski definition) is 1. The molecule has 15 fully saturated rings. The summed E-state index contributed by atoms with van der Waals surface area (Å²) in [6, 6.07) is 1.71. The molecule has 12 nitrogen and oxygen atoms in total. The maximum Gasteiger partial charge on any atom is 0.133 e. The molecule has 3 spiro atoms. The number of ether oxygens (including phenoxy) is 3. The number of hydrogen-bond acceptors (Lipinski definition) is 10. The van der Waals surface area contributed by atoms with Crippen LogP contribution in [-0.2, 0) is 28.6 Å². The molecule has 2 N–H and O–H groups in total. The van der Waals surface area contributed by atoms with E-state index >= 15 is 0 Å². The Bertz CT molecular complexity index is 3360. The molecule has 0 bridgehead atoms. The van der Waals surface area contributed by atoms with Gasteiger partial charge in [-0.15, -0.1) is 0 Å². The van der Waals surface area contributed by atoms with Gasteiger partial charge in [-0.05, 0) is 280 Å². The van der Waals surface area contributed by atoms with Crippen LogP contribution in [0.15, 0.2) is 33.4 Å². The van der Waals surface area contributed by atoms with E-state index in [-0.39, 0.29) is 64.8 Å². The lowest BCUT2D eigenvalue weighted by molar-refractivity contribution is -0.869. The number of carbonyl (C=O) groups is 3. The summed E-state index contributed by atoms with van der Waals surface area (Å²) < 4.78 is 30.0. The van der Waals surface area contributed by atoms with Gasteiger partial charge in [0.1, 0.15) is 17.3 Å². The van der Waals surface area contributed by atoms with Crippen molar-refractivity contribution in [1.29, 1.82) is 0 Å². The van der Waals surface area contributed by atoms with Crippen molar-refractivity contribution in [1.82, 2.24) is 14.7 Å². The van der Waals surface area contributed by atoms with Crippen LogP contribution in [0.1, 0.15) is 291 Å².